The molecule has 0 aliphatic carbocycles. The van der Waals surface area contributed by atoms with Crippen molar-refractivity contribution in [2.45, 2.75) is 149 Å². The molecule has 0 unspecified atom stereocenters. The van der Waals surface area contributed by atoms with Crippen molar-refractivity contribution in [1.82, 2.24) is 0 Å². The Bertz CT molecular complexity index is 575. The number of carbonyl (C=O) groups is 1. The number of allylic oxidation sites excluding steroid dienone is 10. The summed E-state index contributed by atoms with van der Waals surface area (Å²) in [6.45, 7) is 4.51. The summed E-state index contributed by atoms with van der Waals surface area (Å²) in [5, 5.41) is 0. The molecule has 0 amide bonds. The summed E-state index contributed by atoms with van der Waals surface area (Å²) in [5.74, 6) is 0. The molecule has 0 aliphatic rings. The molecule has 0 aromatic heterocycles. The van der Waals surface area contributed by atoms with E-state index in [0.717, 1.165) is 50.4 Å². The number of aldehydes is 1. The van der Waals surface area contributed by atoms with Gasteiger partial charge in [-0.2, -0.15) is 0 Å². The molecule has 0 saturated heterocycles. The van der Waals surface area contributed by atoms with E-state index in [1.165, 1.54) is 96.3 Å². The number of hydrogen-bond acceptors (Lipinski definition) is 1. The first kappa shape index (κ1) is 33.4. The van der Waals surface area contributed by atoms with Crippen LogP contribution in [0.5, 0.6) is 0 Å². The first-order valence-electron chi connectivity index (χ1n) is 15.1. The van der Waals surface area contributed by atoms with Crippen LogP contribution in [0.2, 0.25) is 0 Å². The van der Waals surface area contributed by atoms with Gasteiger partial charge >= 0.3 is 0 Å². The van der Waals surface area contributed by atoms with Gasteiger partial charge in [-0.15, -0.1) is 0 Å². The van der Waals surface area contributed by atoms with E-state index in [9.17, 15) is 4.79 Å². The third kappa shape index (κ3) is 28.5. The maximum absolute atomic E-state index is 11.3. The molecule has 0 atom stereocenters. The molecule has 0 rings (SSSR count). The zero-order valence-electron chi connectivity index (χ0n) is 23.5. The van der Waals surface area contributed by atoms with E-state index in [-0.39, 0.29) is 0 Å². The Labute approximate surface area is 219 Å². The summed E-state index contributed by atoms with van der Waals surface area (Å²) in [5.41, 5.74) is 1.01. The fraction of sp³-hybridized carbons (Fsp3) is 0.676. The zero-order chi connectivity index (χ0) is 25.5. The van der Waals surface area contributed by atoms with Gasteiger partial charge in [0, 0.05) is 0 Å². The predicted octanol–water partition coefficient (Wildman–Crippen LogP) is 11.6. The lowest BCUT2D eigenvalue weighted by Gasteiger charge is -2.01. The van der Waals surface area contributed by atoms with Crippen LogP contribution in [0.1, 0.15) is 149 Å². The highest BCUT2D eigenvalue weighted by atomic mass is 16.1. The molecular weight excluding hydrogens is 424 g/mol. The molecule has 0 spiro atoms. The van der Waals surface area contributed by atoms with Gasteiger partial charge in [-0.25, -0.2) is 0 Å². The molecule has 1 heteroatoms. The van der Waals surface area contributed by atoms with E-state index in [0.29, 0.717) is 0 Å². The van der Waals surface area contributed by atoms with Crippen molar-refractivity contribution in [3.8, 4) is 0 Å². The fourth-order valence-electron chi connectivity index (χ4n) is 4.06. The Kier molecular flexibility index (Phi) is 29.0. The van der Waals surface area contributed by atoms with Crippen molar-refractivity contribution in [2.75, 3.05) is 0 Å². The maximum atomic E-state index is 11.3. The molecule has 35 heavy (non-hydrogen) atoms. The van der Waals surface area contributed by atoms with Crippen LogP contribution in [-0.2, 0) is 4.79 Å². The zero-order valence-corrected chi connectivity index (χ0v) is 23.5. The largest absolute Gasteiger partial charge is 0.298 e. The van der Waals surface area contributed by atoms with Gasteiger partial charge in [0.1, 0.15) is 6.29 Å². The van der Waals surface area contributed by atoms with Gasteiger partial charge in [-0.1, -0.05) is 113 Å². The van der Waals surface area contributed by atoms with Crippen LogP contribution in [0.25, 0.3) is 0 Å². The molecule has 1 nitrogen and oxygen atoms in total. The molecule has 0 aliphatic heterocycles. The average Bonchev–Trinajstić information content (AvgIpc) is 2.87. The Morgan fingerprint density at radius 1 is 0.457 bits per heavy atom. The van der Waals surface area contributed by atoms with Gasteiger partial charge in [0.2, 0.25) is 0 Å². The number of unbranched alkanes of at least 4 members (excludes halogenated alkanes) is 14. The quantitative estimate of drug-likeness (QED) is 0.0518. The molecule has 0 aromatic rings. The lowest BCUT2D eigenvalue weighted by atomic mass is 10.0. The summed E-state index contributed by atoms with van der Waals surface area (Å²) >= 11 is 0. The molecule has 0 heterocycles. The van der Waals surface area contributed by atoms with Gasteiger partial charge in [-0.3, -0.25) is 4.79 Å². The molecule has 200 valence electrons. The second-order valence-corrected chi connectivity index (χ2v) is 9.84. The minimum absolute atomic E-state index is 0.950. The molecule has 0 saturated carbocycles. The van der Waals surface area contributed by atoms with Crippen LogP contribution in [0, 0.1) is 0 Å². The summed E-state index contributed by atoms with van der Waals surface area (Å²) in [7, 11) is 0. The Morgan fingerprint density at radius 2 is 0.857 bits per heavy atom. The van der Waals surface area contributed by atoms with Crippen LogP contribution in [0.15, 0.2) is 60.3 Å². The Hall–Kier alpha value is -1.63. The van der Waals surface area contributed by atoms with Crippen molar-refractivity contribution in [1.29, 1.82) is 0 Å². The summed E-state index contributed by atoms with van der Waals surface area (Å²) in [4.78, 5) is 11.3. The smallest absolute Gasteiger partial charge is 0.145 e. The first-order valence-corrected chi connectivity index (χ1v) is 15.1. The SMILES string of the molecule is CCCCC/C=C\C/C=C\CCCCCC/C=C(/C=O)CCCCC/C=C\C/C=C\CCCCC. The van der Waals surface area contributed by atoms with E-state index < -0.39 is 0 Å². The highest BCUT2D eigenvalue weighted by Gasteiger charge is 1.96. The van der Waals surface area contributed by atoms with Crippen LogP contribution >= 0.6 is 0 Å². The number of hydrogen-bond donors (Lipinski definition) is 0. The van der Waals surface area contributed by atoms with Crippen LogP contribution < -0.4 is 0 Å². The fourth-order valence-corrected chi connectivity index (χ4v) is 4.06. The topological polar surface area (TPSA) is 17.1 Å². The second-order valence-electron chi connectivity index (χ2n) is 9.84. The highest BCUT2D eigenvalue weighted by molar-refractivity contribution is 5.72. The number of carbonyl (C=O) groups excluding carboxylic acids is 1. The molecule has 0 bridgehead atoms. The van der Waals surface area contributed by atoms with E-state index >= 15 is 0 Å². The molecule has 0 radical (unpaired) electrons. The predicted molar refractivity (Wildman–Crippen MR) is 159 cm³/mol. The normalized spacial score (nSPS) is 12.8. The van der Waals surface area contributed by atoms with Crippen molar-refractivity contribution < 1.29 is 4.79 Å². The lowest BCUT2D eigenvalue weighted by molar-refractivity contribution is -0.105. The molecular formula is C34H58O. The average molecular weight is 483 g/mol. The van der Waals surface area contributed by atoms with Crippen molar-refractivity contribution in [3.63, 3.8) is 0 Å². The third-order valence-corrected chi connectivity index (χ3v) is 6.38. The van der Waals surface area contributed by atoms with Crippen molar-refractivity contribution in [3.05, 3.63) is 60.3 Å². The first-order chi connectivity index (χ1) is 17.3. The molecule has 0 aromatic carbocycles. The second kappa shape index (κ2) is 30.4. The standard InChI is InChI=1S/C34H58O/c1-3-5-7-9-11-13-15-17-18-20-22-24-26-28-30-32-34(33-35)31-29-27-25-23-21-19-16-14-12-10-8-6-4-2/h11-14,17-19,21,32-33H,3-10,15-16,20,22-31H2,1-2H3/b13-11-,14-12-,18-17-,21-19-,34-32+. The minimum Gasteiger partial charge on any atom is -0.298 e. The molecule has 0 N–H and O–H groups in total. The van der Waals surface area contributed by atoms with E-state index in [1.807, 2.05) is 0 Å². The highest BCUT2D eigenvalue weighted by Crippen LogP contribution is 2.13. The summed E-state index contributed by atoms with van der Waals surface area (Å²) < 4.78 is 0. The third-order valence-electron chi connectivity index (χ3n) is 6.38. The van der Waals surface area contributed by atoms with Crippen molar-refractivity contribution in [2.24, 2.45) is 0 Å². The van der Waals surface area contributed by atoms with Crippen LogP contribution in [0.3, 0.4) is 0 Å². The lowest BCUT2D eigenvalue weighted by Crippen LogP contribution is -1.87. The van der Waals surface area contributed by atoms with Gasteiger partial charge in [-0.05, 0) is 95.5 Å². The van der Waals surface area contributed by atoms with Gasteiger partial charge in [0.25, 0.3) is 0 Å². The summed E-state index contributed by atoms with van der Waals surface area (Å²) in [6.07, 6.45) is 47.3. The van der Waals surface area contributed by atoms with Crippen molar-refractivity contribution >= 4 is 6.29 Å². The van der Waals surface area contributed by atoms with Crippen LogP contribution in [0.4, 0.5) is 0 Å². The van der Waals surface area contributed by atoms with E-state index in [2.05, 4.69) is 68.5 Å². The Balaban J connectivity index is 3.56. The van der Waals surface area contributed by atoms with Gasteiger partial charge in [0.05, 0.1) is 0 Å². The Morgan fingerprint density at radius 3 is 1.29 bits per heavy atom. The molecule has 0 fully saturated rings. The minimum atomic E-state index is 0.950. The maximum Gasteiger partial charge on any atom is 0.145 e. The monoisotopic (exact) mass is 482 g/mol. The van der Waals surface area contributed by atoms with Crippen LogP contribution in [-0.4, -0.2) is 6.29 Å². The van der Waals surface area contributed by atoms with E-state index in [4.69, 9.17) is 0 Å². The van der Waals surface area contributed by atoms with E-state index in [1.54, 1.807) is 0 Å². The number of rotatable bonds is 26. The van der Waals surface area contributed by atoms with Gasteiger partial charge < -0.3 is 0 Å². The van der Waals surface area contributed by atoms with Gasteiger partial charge in [0.15, 0.2) is 0 Å². The summed E-state index contributed by atoms with van der Waals surface area (Å²) in [6, 6.07) is 0.